The third kappa shape index (κ3) is 4.88. The first-order valence-electron chi connectivity index (χ1n) is 6.09. The monoisotopic (exact) mass is 300 g/mol. The predicted molar refractivity (Wildman–Crippen MR) is 78.6 cm³/mol. The second-order valence-electron chi connectivity index (χ2n) is 4.33. The Morgan fingerprint density at radius 1 is 1.26 bits per heavy atom. The maximum atomic E-state index is 12.1. The highest BCUT2D eigenvalue weighted by Gasteiger charge is 2.27. The van der Waals surface area contributed by atoms with Gasteiger partial charge in [0.2, 0.25) is 5.12 Å². The Hall–Kier alpha value is -1.00. The Kier molecular flexibility index (Phi) is 6.38. The Morgan fingerprint density at radius 3 is 2.32 bits per heavy atom. The summed E-state index contributed by atoms with van der Waals surface area (Å²) in [6, 6.07) is 6.62. The molecule has 1 unspecified atom stereocenters. The Labute approximate surface area is 122 Å². The highest BCUT2D eigenvalue weighted by molar-refractivity contribution is 8.15. The molecule has 3 nitrogen and oxygen atoms in total. The first-order valence-corrected chi connectivity index (χ1v) is 7.34. The van der Waals surface area contributed by atoms with Gasteiger partial charge in [0.05, 0.1) is 6.61 Å². The van der Waals surface area contributed by atoms with E-state index in [1.807, 2.05) is 13.8 Å². The van der Waals surface area contributed by atoms with Gasteiger partial charge in [-0.3, -0.25) is 9.59 Å². The number of thioether (sulfide) groups is 1. The number of carbonyl (C=O) groups is 2. The third-order valence-electron chi connectivity index (χ3n) is 2.44. The zero-order valence-electron chi connectivity index (χ0n) is 11.2. The molecule has 0 aliphatic carbocycles. The molecule has 0 saturated carbocycles. The number of halogens is 1. The molecule has 19 heavy (non-hydrogen) atoms. The van der Waals surface area contributed by atoms with Gasteiger partial charge >= 0.3 is 5.97 Å². The fraction of sp³-hybridized carbons (Fsp3) is 0.429. The fourth-order valence-corrected chi connectivity index (χ4v) is 2.52. The lowest BCUT2D eigenvalue weighted by Gasteiger charge is -2.17. The van der Waals surface area contributed by atoms with Crippen molar-refractivity contribution in [2.24, 2.45) is 5.92 Å². The van der Waals surface area contributed by atoms with E-state index in [0.717, 1.165) is 11.8 Å². The Bertz CT molecular complexity index is 443. The van der Waals surface area contributed by atoms with E-state index in [0.29, 0.717) is 17.2 Å². The molecule has 1 aromatic rings. The maximum Gasteiger partial charge on any atom is 0.319 e. The van der Waals surface area contributed by atoms with Crippen LogP contribution in [0.4, 0.5) is 0 Å². The first kappa shape index (κ1) is 16.1. The topological polar surface area (TPSA) is 43.4 Å². The smallest absolute Gasteiger partial charge is 0.319 e. The van der Waals surface area contributed by atoms with Crippen LogP contribution in [0, 0.1) is 5.92 Å². The molecular formula is C14H17ClO3S. The summed E-state index contributed by atoms with van der Waals surface area (Å²) < 4.78 is 4.99. The predicted octanol–water partition coefficient (Wildman–Crippen LogP) is 3.80. The summed E-state index contributed by atoms with van der Waals surface area (Å²) >= 11 is 6.78. The second-order valence-corrected chi connectivity index (χ2v) is 5.88. The average Bonchev–Trinajstić information content (AvgIpc) is 2.36. The minimum Gasteiger partial charge on any atom is -0.465 e. The van der Waals surface area contributed by atoms with Crippen LogP contribution in [-0.4, -0.2) is 22.9 Å². The van der Waals surface area contributed by atoms with Crippen molar-refractivity contribution in [2.45, 2.75) is 26.0 Å². The summed E-state index contributed by atoms with van der Waals surface area (Å²) in [5, 5.41) is -0.0566. The van der Waals surface area contributed by atoms with Gasteiger partial charge in [0.15, 0.2) is 0 Å². The molecule has 5 heteroatoms. The standard InChI is InChI=1S/C14H17ClO3S/c1-4-18-13(16)12(9(2)3)19-14(17)10-5-7-11(15)8-6-10/h5-9,12H,4H2,1-3H3. The van der Waals surface area contributed by atoms with Crippen LogP contribution in [0.1, 0.15) is 31.1 Å². The molecule has 0 aliphatic rings. The van der Waals surface area contributed by atoms with Gasteiger partial charge in [0, 0.05) is 10.6 Å². The molecule has 0 saturated heterocycles. The van der Waals surface area contributed by atoms with E-state index in [4.69, 9.17) is 16.3 Å². The van der Waals surface area contributed by atoms with Crippen LogP contribution >= 0.6 is 23.4 Å². The van der Waals surface area contributed by atoms with Gasteiger partial charge in [-0.25, -0.2) is 0 Å². The van der Waals surface area contributed by atoms with E-state index in [2.05, 4.69) is 0 Å². The van der Waals surface area contributed by atoms with Crippen LogP contribution in [0.15, 0.2) is 24.3 Å². The number of carbonyl (C=O) groups excluding carboxylic acids is 2. The van der Waals surface area contributed by atoms with Crippen molar-refractivity contribution >= 4 is 34.4 Å². The fourth-order valence-electron chi connectivity index (χ4n) is 1.45. The highest BCUT2D eigenvalue weighted by atomic mass is 35.5. The average molecular weight is 301 g/mol. The minimum atomic E-state index is -0.483. The van der Waals surface area contributed by atoms with E-state index < -0.39 is 5.25 Å². The summed E-state index contributed by atoms with van der Waals surface area (Å²) in [6.45, 7) is 5.85. The lowest BCUT2D eigenvalue weighted by Crippen LogP contribution is -2.27. The summed E-state index contributed by atoms with van der Waals surface area (Å²) in [4.78, 5) is 23.9. The Morgan fingerprint density at radius 2 is 1.84 bits per heavy atom. The minimum absolute atomic E-state index is 0.0281. The summed E-state index contributed by atoms with van der Waals surface area (Å²) in [6.07, 6.45) is 0. The van der Waals surface area contributed by atoms with Crippen LogP contribution in [-0.2, 0) is 9.53 Å². The molecule has 0 radical (unpaired) electrons. The molecule has 0 aromatic heterocycles. The Balaban J connectivity index is 2.76. The van der Waals surface area contributed by atoms with Crippen LogP contribution in [0.5, 0.6) is 0 Å². The largest absolute Gasteiger partial charge is 0.465 e. The molecule has 0 fully saturated rings. The van der Waals surface area contributed by atoms with E-state index >= 15 is 0 Å². The zero-order valence-corrected chi connectivity index (χ0v) is 12.8. The van der Waals surface area contributed by atoms with Gasteiger partial charge in [-0.05, 0) is 37.1 Å². The summed E-state index contributed by atoms with van der Waals surface area (Å²) in [5.74, 6) is -0.315. The van der Waals surface area contributed by atoms with Crippen LogP contribution in [0.3, 0.4) is 0 Å². The summed E-state index contributed by atoms with van der Waals surface area (Å²) in [7, 11) is 0. The number of hydrogen-bond donors (Lipinski definition) is 0. The second kappa shape index (κ2) is 7.56. The van der Waals surface area contributed by atoms with Gasteiger partial charge in [-0.15, -0.1) is 0 Å². The first-order chi connectivity index (χ1) is 8.95. The van der Waals surface area contributed by atoms with Crippen molar-refractivity contribution in [1.29, 1.82) is 0 Å². The summed E-state index contributed by atoms with van der Waals surface area (Å²) in [5.41, 5.74) is 0.532. The van der Waals surface area contributed by atoms with E-state index in [9.17, 15) is 9.59 Å². The molecule has 0 bridgehead atoms. The number of rotatable bonds is 5. The van der Waals surface area contributed by atoms with Crippen LogP contribution < -0.4 is 0 Å². The number of benzene rings is 1. The lowest BCUT2D eigenvalue weighted by molar-refractivity contribution is -0.143. The molecule has 0 amide bonds. The molecular weight excluding hydrogens is 284 g/mol. The molecule has 0 aliphatic heterocycles. The van der Waals surface area contributed by atoms with Gasteiger partial charge < -0.3 is 4.74 Å². The normalized spacial score (nSPS) is 12.3. The van der Waals surface area contributed by atoms with Crippen LogP contribution in [0.2, 0.25) is 5.02 Å². The van der Waals surface area contributed by atoms with Crippen molar-refractivity contribution in [1.82, 2.24) is 0 Å². The van der Waals surface area contributed by atoms with Gasteiger partial charge in [0.25, 0.3) is 0 Å². The lowest BCUT2D eigenvalue weighted by atomic mass is 10.1. The van der Waals surface area contributed by atoms with E-state index in [-0.39, 0.29) is 17.0 Å². The van der Waals surface area contributed by atoms with Crippen molar-refractivity contribution in [3.8, 4) is 0 Å². The van der Waals surface area contributed by atoms with E-state index in [1.165, 1.54) is 0 Å². The van der Waals surface area contributed by atoms with Gasteiger partial charge in [-0.2, -0.15) is 0 Å². The van der Waals surface area contributed by atoms with Crippen molar-refractivity contribution in [3.05, 3.63) is 34.9 Å². The van der Waals surface area contributed by atoms with Crippen molar-refractivity contribution < 1.29 is 14.3 Å². The SMILES string of the molecule is CCOC(=O)C(SC(=O)c1ccc(Cl)cc1)C(C)C. The highest BCUT2D eigenvalue weighted by Crippen LogP contribution is 2.25. The molecule has 1 rings (SSSR count). The van der Waals surface area contributed by atoms with Gasteiger partial charge in [0.1, 0.15) is 5.25 Å². The molecule has 104 valence electrons. The molecule has 0 N–H and O–H groups in total. The zero-order chi connectivity index (χ0) is 14.4. The molecule has 0 heterocycles. The van der Waals surface area contributed by atoms with E-state index in [1.54, 1.807) is 31.2 Å². The number of ether oxygens (including phenoxy) is 1. The molecule has 1 atom stereocenters. The van der Waals surface area contributed by atoms with Crippen molar-refractivity contribution in [3.63, 3.8) is 0 Å². The molecule has 1 aromatic carbocycles. The third-order valence-corrected chi connectivity index (χ3v) is 4.13. The number of esters is 1. The maximum absolute atomic E-state index is 12.1. The quantitative estimate of drug-likeness (QED) is 0.776. The number of hydrogen-bond acceptors (Lipinski definition) is 4. The van der Waals surface area contributed by atoms with Crippen LogP contribution in [0.25, 0.3) is 0 Å². The van der Waals surface area contributed by atoms with Gasteiger partial charge in [-0.1, -0.05) is 37.2 Å². The van der Waals surface area contributed by atoms with Crippen molar-refractivity contribution in [2.75, 3.05) is 6.61 Å². The molecule has 0 spiro atoms.